The van der Waals surface area contributed by atoms with Gasteiger partial charge in [-0.15, -0.1) is 0 Å². The molecule has 1 aliphatic rings. The van der Waals surface area contributed by atoms with Gasteiger partial charge < -0.3 is 9.52 Å². The number of aliphatic hydroxyl groups is 1. The van der Waals surface area contributed by atoms with Gasteiger partial charge in [-0.05, 0) is 30.9 Å². The Hall–Kier alpha value is -0.760. The van der Waals surface area contributed by atoms with Crippen LogP contribution in [0.3, 0.4) is 0 Å². The Morgan fingerprint density at radius 3 is 3.30 bits per heavy atom. The molecule has 1 heterocycles. The van der Waals surface area contributed by atoms with Crippen molar-refractivity contribution in [1.82, 2.24) is 0 Å². The molecule has 0 spiro atoms. The maximum Gasteiger partial charge on any atom is 0.135 e. The largest absolute Gasteiger partial charge is 0.466 e. The highest BCUT2D eigenvalue weighted by atomic mass is 16.4. The molecule has 1 aliphatic carbocycles. The summed E-state index contributed by atoms with van der Waals surface area (Å²) in [5, 5.41) is 9.36. The molecule has 0 saturated carbocycles. The molecule has 0 aliphatic heterocycles. The average Bonchev–Trinajstić information content (AvgIpc) is 2.36. The molecule has 54 valence electrons. The van der Waals surface area contributed by atoms with E-state index in [-0.39, 0.29) is 6.10 Å². The van der Waals surface area contributed by atoms with Crippen molar-refractivity contribution in [3.8, 4) is 0 Å². The first kappa shape index (κ1) is 5.98. The van der Waals surface area contributed by atoms with E-state index < -0.39 is 0 Å². The van der Waals surface area contributed by atoms with Gasteiger partial charge in [0.2, 0.25) is 0 Å². The van der Waals surface area contributed by atoms with Gasteiger partial charge in [0.05, 0.1) is 6.26 Å². The minimum absolute atomic E-state index is 0.348. The molecular formula is C8H10O2. The summed E-state index contributed by atoms with van der Waals surface area (Å²) in [6.45, 7) is 0. The standard InChI is InChI=1S/C8H10O2/c9-7-3-1-2-6-4-5-10-8(6)7/h4-5,7,9H,1-3H2/t7-/m0/s1. The number of furan rings is 1. The Labute approximate surface area is 59.5 Å². The van der Waals surface area contributed by atoms with Crippen molar-refractivity contribution in [3.05, 3.63) is 23.7 Å². The lowest BCUT2D eigenvalue weighted by molar-refractivity contribution is 0.129. The van der Waals surface area contributed by atoms with Crippen LogP contribution >= 0.6 is 0 Å². The van der Waals surface area contributed by atoms with E-state index >= 15 is 0 Å². The molecule has 2 nitrogen and oxygen atoms in total. The van der Waals surface area contributed by atoms with Gasteiger partial charge in [0.15, 0.2) is 0 Å². The van der Waals surface area contributed by atoms with Gasteiger partial charge in [0, 0.05) is 0 Å². The number of aryl methyl sites for hydroxylation is 1. The highest BCUT2D eigenvalue weighted by molar-refractivity contribution is 5.21. The van der Waals surface area contributed by atoms with Crippen LogP contribution in [0.25, 0.3) is 0 Å². The van der Waals surface area contributed by atoms with Crippen molar-refractivity contribution < 1.29 is 9.52 Å². The molecule has 10 heavy (non-hydrogen) atoms. The Kier molecular flexibility index (Phi) is 1.27. The lowest BCUT2D eigenvalue weighted by atomic mass is 9.96. The zero-order chi connectivity index (χ0) is 6.97. The minimum Gasteiger partial charge on any atom is -0.466 e. The molecule has 1 N–H and O–H groups in total. The molecule has 1 aromatic heterocycles. The molecule has 0 amide bonds. The van der Waals surface area contributed by atoms with Crippen LogP contribution in [0, 0.1) is 0 Å². The van der Waals surface area contributed by atoms with Gasteiger partial charge in [0.25, 0.3) is 0 Å². The lowest BCUT2D eigenvalue weighted by Gasteiger charge is -2.14. The van der Waals surface area contributed by atoms with Crippen LogP contribution in [0.15, 0.2) is 16.7 Å². The molecule has 0 bridgehead atoms. The molecule has 0 saturated heterocycles. The molecule has 0 radical (unpaired) electrons. The molecular weight excluding hydrogens is 128 g/mol. The average molecular weight is 138 g/mol. The second kappa shape index (κ2) is 2.13. The number of fused-ring (bicyclic) bond motifs is 1. The van der Waals surface area contributed by atoms with Crippen molar-refractivity contribution in [2.75, 3.05) is 0 Å². The summed E-state index contributed by atoms with van der Waals surface area (Å²) in [5.41, 5.74) is 1.18. The van der Waals surface area contributed by atoms with E-state index in [1.807, 2.05) is 6.07 Å². The third-order valence-electron chi connectivity index (χ3n) is 2.01. The first-order valence-electron chi connectivity index (χ1n) is 3.62. The zero-order valence-electron chi connectivity index (χ0n) is 5.71. The fourth-order valence-electron chi connectivity index (χ4n) is 1.46. The van der Waals surface area contributed by atoms with E-state index in [0.717, 1.165) is 25.0 Å². The third kappa shape index (κ3) is 0.762. The van der Waals surface area contributed by atoms with Crippen LogP contribution in [-0.4, -0.2) is 5.11 Å². The second-order valence-electron chi connectivity index (χ2n) is 2.72. The maximum absolute atomic E-state index is 9.36. The summed E-state index contributed by atoms with van der Waals surface area (Å²) >= 11 is 0. The van der Waals surface area contributed by atoms with Gasteiger partial charge >= 0.3 is 0 Å². The van der Waals surface area contributed by atoms with E-state index in [4.69, 9.17) is 4.42 Å². The van der Waals surface area contributed by atoms with Crippen molar-refractivity contribution >= 4 is 0 Å². The summed E-state index contributed by atoms with van der Waals surface area (Å²) in [6, 6.07) is 1.94. The van der Waals surface area contributed by atoms with Gasteiger partial charge in [-0.25, -0.2) is 0 Å². The van der Waals surface area contributed by atoms with Gasteiger partial charge in [-0.3, -0.25) is 0 Å². The monoisotopic (exact) mass is 138 g/mol. The minimum atomic E-state index is -0.348. The van der Waals surface area contributed by atoms with E-state index in [0.29, 0.717) is 0 Å². The fraction of sp³-hybridized carbons (Fsp3) is 0.500. The zero-order valence-corrected chi connectivity index (χ0v) is 5.71. The summed E-state index contributed by atoms with van der Waals surface area (Å²) in [6.07, 6.45) is 4.29. The van der Waals surface area contributed by atoms with Crippen LogP contribution in [0.4, 0.5) is 0 Å². The summed E-state index contributed by atoms with van der Waals surface area (Å²) in [7, 11) is 0. The van der Waals surface area contributed by atoms with Crippen LogP contribution in [0.1, 0.15) is 30.3 Å². The Morgan fingerprint density at radius 1 is 1.60 bits per heavy atom. The predicted octanol–water partition coefficient (Wildman–Crippen LogP) is 1.65. The number of hydrogen-bond donors (Lipinski definition) is 1. The van der Waals surface area contributed by atoms with Crippen molar-refractivity contribution in [2.45, 2.75) is 25.4 Å². The van der Waals surface area contributed by atoms with Gasteiger partial charge in [0.1, 0.15) is 11.9 Å². The number of aliphatic hydroxyl groups excluding tert-OH is 1. The van der Waals surface area contributed by atoms with Crippen LogP contribution in [-0.2, 0) is 6.42 Å². The highest BCUT2D eigenvalue weighted by Gasteiger charge is 2.20. The molecule has 1 aromatic rings. The van der Waals surface area contributed by atoms with E-state index in [1.165, 1.54) is 5.56 Å². The highest BCUT2D eigenvalue weighted by Crippen LogP contribution is 2.29. The number of rotatable bonds is 0. The van der Waals surface area contributed by atoms with Gasteiger partial charge in [-0.1, -0.05) is 0 Å². The van der Waals surface area contributed by atoms with E-state index in [9.17, 15) is 5.11 Å². The van der Waals surface area contributed by atoms with Crippen molar-refractivity contribution in [2.24, 2.45) is 0 Å². The normalized spacial score (nSPS) is 24.3. The third-order valence-corrected chi connectivity index (χ3v) is 2.01. The molecule has 0 aromatic carbocycles. The second-order valence-corrected chi connectivity index (χ2v) is 2.72. The molecule has 0 fully saturated rings. The quantitative estimate of drug-likeness (QED) is 0.591. The topological polar surface area (TPSA) is 33.4 Å². The molecule has 1 atom stereocenters. The van der Waals surface area contributed by atoms with Crippen molar-refractivity contribution in [1.29, 1.82) is 0 Å². The first-order valence-corrected chi connectivity index (χ1v) is 3.62. The van der Waals surface area contributed by atoms with Crippen LogP contribution in [0.5, 0.6) is 0 Å². The van der Waals surface area contributed by atoms with E-state index in [1.54, 1.807) is 6.26 Å². The lowest BCUT2D eigenvalue weighted by Crippen LogP contribution is -2.05. The molecule has 2 rings (SSSR count). The van der Waals surface area contributed by atoms with Crippen molar-refractivity contribution in [3.63, 3.8) is 0 Å². The van der Waals surface area contributed by atoms with Gasteiger partial charge in [-0.2, -0.15) is 0 Å². The fourth-order valence-corrected chi connectivity index (χ4v) is 1.46. The Balaban J connectivity index is 2.41. The maximum atomic E-state index is 9.36. The number of hydrogen-bond acceptors (Lipinski definition) is 2. The van der Waals surface area contributed by atoms with E-state index in [2.05, 4.69) is 0 Å². The molecule has 2 heteroatoms. The predicted molar refractivity (Wildman–Crippen MR) is 36.6 cm³/mol. The smallest absolute Gasteiger partial charge is 0.135 e. The summed E-state index contributed by atoms with van der Waals surface area (Å²) in [4.78, 5) is 0. The summed E-state index contributed by atoms with van der Waals surface area (Å²) in [5.74, 6) is 0.784. The SMILES string of the molecule is O[C@H]1CCCc2ccoc21. The Bertz CT molecular complexity index is 227. The molecule has 0 unspecified atom stereocenters. The first-order chi connectivity index (χ1) is 4.88. The van der Waals surface area contributed by atoms with Crippen LogP contribution in [0.2, 0.25) is 0 Å². The summed E-state index contributed by atoms with van der Waals surface area (Å²) < 4.78 is 5.12. The Morgan fingerprint density at radius 2 is 2.50 bits per heavy atom. The van der Waals surface area contributed by atoms with Crippen LogP contribution < -0.4 is 0 Å².